The first-order valence-electron chi connectivity index (χ1n) is 6.88. The monoisotopic (exact) mass is 258 g/mol. The Labute approximate surface area is 115 Å². The van der Waals surface area contributed by atoms with E-state index in [2.05, 4.69) is 35.3 Å². The van der Waals surface area contributed by atoms with E-state index in [-0.39, 0.29) is 11.9 Å². The van der Waals surface area contributed by atoms with Crippen molar-refractivity contribution >= 4 is 12.0 Å². The molecule has 3 nitrogen and oxygen atoms in total. The third kappa shape index (κ3) is 3.67. The molecule has 1 atom stereocenters. The third-order valence-corrected chi connectivity index (χ3v) is 3.58. The minimum atomic E-state index is 0.0455. The Morgan fingerprint density at radius 3 is 2.84 bits per heavy atom. The zero-order valence-corrected chi connectivity index (χ0v) is 11.7. The highest BCUT2D eigenvalue weighted by molar-refractivity contribution is 5.81. The van der Waals surface area contributed by atoms with Crippen molar-refractivity contribution in [3.63, 3.8) is 0 Å². The van der Waals surface area contributed by atoms with E-state index in [1.165, 1.54) is 11.1 Å². The van der Waals surface area contributed by atoms with Crippen molar-refractivity contribution in [1.29, 1.82) is 0 Å². The number of hydrogen-bond donors (Lipinski definition) is 1. The molecule has 0 aromatic heterocycles. The third-order valence-electron chi connectivity index (χ3n) is 3.58. The number of carbonyl (C=O) groups is 1. The lowest BCUT2D eigenvalue weighted by molar-refractivity contribution is -0.124. The summed E-state index contributed by atoms with van der Waals surface area (Å²) < 4.78 is 0. The number of nitrogens with zero attached hydrogens (tertiary/aromatic N) is 1. The van der Waals surface area contributed by atoms with Crippen molar-refractivity contribution in [2.45, 2.75) is 25.8 Å². The van der Waals surface area contributed by atoms with Crippen LogP contribution in [0.4, 0.5) is 0 Å². The summed E-state index contributed by atoms with van der Waals surface area (Å²) in [5.41, 5.74) is 2.51. The molecule has 19 heavy (non-hydrogen) atoms. The second kappa shape index (κ2) is 6.53. The van der Waals surface area contributed by atoms with Gasteiger partial charge in [-0.05, 0) is 31.9 Å². The fraction of sp³-hybridized carbons (Fsp3) is 0.438. The predicted octanol–water partition coefficient (Wildman–Crippen LogP) is 2.30. The Bertz CT molecular complexity index is 453. The van der Waals surface area contributed by atoms with Gasteiger partial charge in [-0.3, -0.25) is 9.69 Å². The van der Waals surface area contributed by atoms with Crippen molar-refractivity contribution in [3.05, 3.63) is 41.5 Å². The number of amides is 1. The lowest BCUT2D eigenvalue weighted by Gasteiger charge is -2.23. The van der Waals surface area contributed by atoms with Crippen LogP contribution >= 0.6 is 0 Å². The highest BCUT2D eigenvalue weighted by Gasteiger charge is 2.29. The highest BCUT2D eigenvalue weighted by atomic mass is 16.2. The number of carbonyl (C=O) groups excluding carboxylic acids is 1. The van der Waals surface area contributed by atoms with Crippen LogP contribution in [0, 0.1) is 0 Å². The molecule has 0 bridgehead atoms. The van der Waals surface area contributed by atoms with Crippen LogP contribution in [0.25, 0.3) is 6.08 Å². The van der Waals surface area contributed by atoms with Gasteiger partial charge < -0.3 is 5.32 Å². The zero-order chi connectivity index (χ0) is 13.7. The summed E-state index contributed by atoms with van der Waals surface area (Å²) >= 11 is 0. The molecular weight excluding hydrogens is 236 g/mol. The molecule has 3 heteroatoms. The number of rotatable bonds is 4. The predicted molar refractivity (Wildman–Crippen MR) is 78.8 cm³/mol. The van der Waals surface area contributed by atoms with Gasteiger partial charge in [0.25, 0.3) is 0 Å². The quantitative estimate of drug-likeness (QED) is 0.898. The molecule has 102 valence electrons. The first-order valence-corrected chi connectivity index (χ1v) is 6.88. The number of benzene rings is 1. The second-order valence-corrected chi connectivity index (χ2v) is 5.14. The molecule has 0 aliphatic carbocycles. The number of nitrogens with one attached hydrogen (secondary N) is 1. The lowest BCUT2D eigenvalue weighted by atomic mass is 10.1. The first-order chi connectivity index (χ1) is 9.20. The van der Waals surface area contributed by atoms with Gasteiger partial charge in [0.05, 0.1) is 6.04 Å². The van der Waals surface area contributed by atoms with Crippen LogP contribution in [-0.4, -0.2) is 37.0 Å². The summed E-state index contributed by atoms with van der Waals surface area (Å²) in [6, 6.07) is 10.4. The molecule has 0 saturated carbocycles. The summed E-state index contributed by atoms with van der Waals surface area (Å²) in [4.78, 5) is 14.1. The van der Waals surface area contributed by atoms with E-state index in [0.29, 0.717) is 0 Å². The summed E-state index contributed by atoms with van der Waals surface area (Å²) in [5.74, 6) is 0.144. The molecular formula is C16H22N2O. The minimum Gasteiger partial charge on any atom is -0.358 e. The lowest BCUT2D eigenvalue weighted by Crippen LogP contribution is -2.42. The van der Waals surface area contributed by atoms with E-state index >= 15 is 0 Å². The topological polar surface area (TPSA) is 32.3 Å². The van der Waals surface area contributed by atoms with E-state index in [4.69, 9.17) is 0 Å². The van der Waals surface area contributed by atoms with Gasteiger partial charge in [0.15, 0.2) is 0 Å². The Morgan fingerprint density at radius 1 is 1.42 bits per heavy atom. The minimum absolute atomic E-state index is 0.0455. The van der Waals surface area contributed by atoms with Crippen LogP contribution in [0.1, 0.15) is 25.3 Å². The second-order valence-electron chi connectivity index (χ2n) is 5.14. The van der Waals surface area contributed by atoms with E-state index in [9.17, 15) is 4.79 Å². The van der Waals surface area contributed by atoms with Crippen molar-refractivity contribution in [2.75, 3.05) is 20.1 Å². The maximum absolute atomic E-state index is 11.8. The maximum atomic E-state index is 11.8. The average Bonchev–Trinajstić information content (AvgIpc) is 2.87. The summed E-state index contributed by atoms with van der Waals surface area (Å²) in [7, 11) is 1.71. The van der Waals surface area contributed by atoms with Gasteiger partial charge in [0, 0.05) is 13.6 Å². The maximum Gasteiger partial charge on any atom is 0.237 e. The molecule has 1 aromatic carbocycles. The largest absolute Gasteiger partial charge is 0.358 e. The molecule has 1 amide bonds. The Hall–Kier alpha value is -1.61. The van der Waals surface area contributed by atoms with E-state index in [0.717, 1.165) is 25.9 Å². The fourth-order valence-corrected chi connectivity index (χ4v) is 2.68. The standard InChI is InChI=1S/C16H22N2O/c1-13(11-14-7-4-3-5-8-14)12-18-10-6-9-15(18)16(19)17-2/h3-5,7-8,11,15H,6,9-10,12H2,1-2H3,(H,17,19)/b13-11+/t15-/m1/s1. The van der Waals surface area contributed by atoms with Crippen LogP contribution in [-0.2, 0) is 4.79 Å². The van der Waals surface area contributed by atoms with Crippen LogP contribution in [0.5, 0.6) is 0 Å². The molecule has 1 heterocycles. The summed E-state index contributed by atoms with van der Waals surface area (Å²) in [5, 5.41) is 2.76. The molecule has 1 aromatic rings. The van der Waals surface area contributed by atoms with Crippen LogP contribution in [0.2, 0.25) is 0 Å². The van der Waals surface area contributed by atoms with Crippen molar-refractivity contribution < 1.29 is 4.79 Å². The fourth-order valence-electron chi connectivity index (χ4n) is 2.68. The molecule has 1 saturated heterocycles. The molecule has 0 spiro atoms. The van der Waals surface area contributed by atoms with Crippen molar-refractivity contribution in [2.24, 2.45) is 0 Å². The Balaban J connectivity index is 2.00. The molecule has 1 N–H and O–H groups in total. The first kappa shape index (κ1) is 13.8. The van der Waals surface area contributed by atoms with Gasteiger partial charge in [0.2, 0.25) is 5.91 Å². The van der Waals surface area contributed by atoms with Gasteiger partial charge >= 0.3 is 0 Å². The molecule has 0 unspecified atom stereocenters. The average molecular weight is 258 g/mol. The molecule has 1 fully saturated rings. The summed E-state index contributed by atoms with van der Waals surface area (Å²) in [6.07, 6.45) is 4.27. The number of likely N-dealkylation sites (tertiary alicyclic amines) is 1. The molecule has 0 radical (unpaired) electrons. The summed E-state index contributed by atoms with van der Waals surface area (Å²) in [6.45, 7) is 4.01. The molecule has 1 aliphatic rings. The number of likely N-dealkylation sites (N-methyl/N-ethyl adjacent to an activating group) is 1. The van der Waals surface area contributed by atoms with E-state index < -0.39 is 0 Å². The van der Waals surface area contributed by atoms with Gasteiger partial charge in [-0.15, -0.1) is 0 Å². The smallest absolute Gasteiger partial charge is 0.237 e. The SMILES string of the molecule is CNC(=O)[C@H]1CCCN1C/C(C)=C/c1ccccc1. The zero-order valence-electron chi connectivity index (χ0n) is 11.7. The van der Waals surface area contributed by atoms with E-state index in [1.54, 1.807) is 7.05 Å². The molecule has 1 aliphatic heterocycles. The van der Waals surface area contributed by atoms with E-state index in [1.807, 2.05) is 18.2 Å². The van der Waals surface area contributed by atoms with Crippen molar-refractivity contribution in [3.8, 4) is 0 Å². The van der Waals surface area contributed by atoms with Crippen LogP contribution in [0.15, 0.2) is 35.9 Å². The number of hydrogen-bond acceptors (Lipinski definition) is 2. The van der Waals surface area contributed by atoms with Gasteiger partial charge in [-0.2, -0.15) is 0 Å². The normalized spacial score (nSPS) is 20.5. The Morgan fingerprint density at radius 2 is 2.16 bits per heavy atom. The highest BCUT2D eigenvalue weighted by Crippen LogP contribution is 2.19. The van der Waals surface area contributed by atoms with Crippen LogP contribution in [0.3, 0.4) is 0 Å². The van der Waals surface area contributed by atoms with Crippen LogP contribution < -0.4 is 5.32 Å². The van der Waals surface area contributed by atoms with Gasteiger partial charge in [-0.1, -0.05) is 42.0 Å². The molecule has 2 rings (SSSR count). The Kier molecular flexibility index (Phi) is 4.74. The van der Waals surface area contributed by atoms with Gasteiger partial charge in [-0.25, -0.2) is 0 Å². The van der Waals surface area contributed by atoms with Gasteiger partial charge in [0.1, 0.15) is 0 Å². The van der Waals surface area contributed by atoms with Crippen molar-refractivity contribution in [1.82, 2.24) is 10.2 Å².